The Balaban J connectivity index is 1.59. The summed E-state index contributed by atoms with van der Waals surface area (Å²) in [6.07, 6.45) is 1.58. The molecule has 28 heavy (non-hydrogen) atoms. The summed E-state index contributed by atoms with van der Waals surface area (Å²) in [6.45, 7) is -0.0755. The zero-order valence-corrected chi connectivity index (χ0v) is 15.1. The number of pyridine rings is 1. The van der Waals surface area contributed by atoms with E-state index in [0.717, 1.165) is 10.8 Å². The molecule has 0 aliphatic heterocycles. The minimum Gasteiger partial charge on any atom is -0.358 e. The Bertz CT molecular complexity index is 1200. The molecule has 0 spiro atoms. The second-order valence-electron chi connectivity index (χ2n) is 6.38. The van der Waals surface area contributed by atoms with Crippen molar-refractivity contribution in [1.29, 1.82) is 0 Å². The number of aromatic nitrogens is 2. The van der Waals surface area contributed by atoms with Gasteiger partial charge in [-0.25, -0.2) is 0 Å². The van der Waals surface area contributed by atoms with Crippen molar-refractivity contribution in [1.82, 2.24) is 9.38 Å². The fourth-order valence-corrected chi connectivity index (χ4v) is 3.21. The van der Waals surface area contributed by atoms with Crippen molar-refractivity contribution >= 4 is 39.6 Å². The fraction of sp³-hybridized carbons (Fsp3) is 0.100. The second-order valence-corrected chi connectivity index (χ2v) is 6.38. The van der Waals surface area contributed by atoms with Gasteiger partial charge in [0.15, 0.2) is 0 Å². The number of carbonyl (C=O) groups excluding carboxylic acids is 1. The van der Waals surface area contributed by atoms with Crippen LogP contribution in [0.1, 0.15) is 0 Å². The molecule has 2 aromatic carbocycles. The van der Waals surface area contributed by atoms with Gasteiger partial charge in [-0.05, 0) is 22.4 Å². The first-order valence-corrected chi connectivity index (χ1v) is 8.65. The zero-order valence-electron chi connectivity index (χ0n) is 15.1. The van der Waals surface area contributed by atoms with E-state index in [1.54, 1.807) is 31.4 Å². The molecule has 0 saturated heterocycles. The summed E-state index contributed by atoms with van der Waals surface area (Å²) in [5.41, 5.74) is 1.14. The molecule has 0 bridgehead atoms. The van der Waals surface area contributed by atoms with Crippen molar-refractivity contribution in [3.8, 4) is 0 Å². The third kappa shape index (κ3) is 3.11. The molecule has 4 rings (SSSR count). The average molecular weight is 375 g/mol. The number of hydrogen-bond acceptors (Lipinski definition) is 5. The normalized spacial score (nSPS) is 10.9. The second kappa shape index (κ2) is 6.99. The van der Waals surface area contributed by atoms with E-state index in [1.165, 1.54) is 9.30 Å². The maximum absolute atomic E-state index is 12.6. The van der Waals surface area contributed by atoms with Gasteiger partial charge in [0.2, 0.25) is 17.4 Å². The number of nitrogens with one attached hydrogen (secondary N) is 1. The van der Waals surface area contributed by atoms with Gasteiger partial charge in [0.1, 0.15) is 0 Å². The van der Waals surface area contributed by atoms with Gasteiger partial charge in [-0.2, -0.15) is 9.38 Å². The molecular formula is C20H17N5O3. The van der Waals surface area contributed by atoms with Crippen LogP contribution in [0, 0.1) is 10.1 Å². The highest BCUT2D eigenvalue weighted by atomic mass is 16.6. The number of imidazole rings is 1. The Hall–Kier alpha value is -3.94. The van der Waals surface area contributed by atoms with Crippen LogP contribution in [0.25, 0.3) is 16.4 Å². The summed E-state index contributed by atoms with van der Waals surface area (Å²) in [4.78, 5) is 29.4. The van der Waals surface area contributed by atoms with E-state index in [2.05, 4.69) is 10.3 Å². The molecule has 0 fully saturated rings. The zero-order chi connectivity index (χ0) is 19.7. The molecule has 2 heterocycles. The molecule has 8 nitrogen and oxygen atoms in total. The number of fused-ring (bicyclic) bond motifs is 2. The third-order valence-electron chi connectivity index (χ3n) is 4.47. The predicted molar refractivity (Wildman–Crippen MR) is 108 cm³/mol. The number of rotatable bonds is 5. The molecule has 0 aliphatic rings. The van der Waals surface area contributed by atoms with Crippen LogP contribution in [-0.2, 0) is 4.79 Å². The molecule has 0 atom stereocenters. The van der Waals surface area contributed by atoms with Crippen LogP contribution in [0.3, 0.4) is 0 Å². The molecule has 4 aromatic rings. The number of nitro groups is 1. The summed E-state index contributed by atoms with van der Waals surface area (Å²) in [7, 11) is 1.61. The number of benzene rings is 2. The van der Waals surface area contributed by atoms with Crippen molar-refractivity contribution in [2.24, 2.45) is 0 Å². The summed E-state index contributed by atoms with van der Waals surface area (Å²) >= 11 is 0. The first kappa shape index (κ1) is 17.5. The Kier molecular flexibility index (Phi) is 4.36. The van der Waals surface area contributed by atoms with Gasteiger partial charge >= 0.3 is 5.82 Å². The maximum Gasteiger partial charge on any atom is 0.372 e. The largest absolute Gasteiger partial charge is 0.372 e. The molecule has 1 amide bonds. The standard InChI is InChI=1S/C20H17N5O3/c1-23(19-20(25(27)28)24-12-5-4-11-17(24)22-19)13-18(26)21-16-10-6-8-14-7-2-3-9-15(14)16/h2-12H,13H2,1H3,(H,21,26). The van der Waals surface area contributed by atoms with Gasteiger partial charge < -0.3 is 20.3 Å². The molecule has 0 saturated carbocycles. The molecule has 8 heteroatoms. The highest BCUT2D eigenvalue weighted by Crippen LogP contribution is 2.28. The van der Waals surface area contributed by atoms with Crippen LogP contribution >= 0.6 is 0 Å². The van der Waals surface area contributed by atoms with Crippen molar-refractivity contribution < 1.29 is 9.72 Å². The van der Waals surface area contributed by atoms with Gasteiger partial charge in [-0.1, -0.05) is 42.5 Å². The first-order valence-electron chi connectivity index (χ1n) is 8.65. The van der Waals surface area contributed by atoms with Crippen LogP contribution in [0.5, 0.6) is 0 Å². The Labute approximate surface area is 160 Å². The smallest absolute Gasteiger partial charge is 0.358 e. The van der Waals surface area contributed by atoms with E-state index in [1.807, 2.05) is 42.5 Å². The number of hydrogen-bond donors (Lipinski definition) is 1. The predicted octanol–water partition coefficient (Wildman–Crippen LogP) is 3.47. The van der Waals surface area contributed by atoms with Gasteiger partial charge in [-0.3, -0.25) is 4.79 Å². The van der Waals surface area contributed by atoms with Crippen LogP contribution in [0.15, 0.2) is 66.9 Å². The lowest BCUT2D eigenvalue weighted by Gasteiger charge is -2.16. The Morgan fingerprint density at radius 2 is 1.89 bits per heavy atom. The van der Waals surface area contributed by atoms with Crippen LogP contribution in [0.2, 0.25) is 0 Å². The third-order valence-corrected chi connectivity index (χ3v) is 4.47. The molecule has 0 unspecified atom stereocenters. The highest BCUT2D eigenvalue weighted by molar-refractivity contribution is 6.03. The van der Waals surface area contributed by atoms with E-state index in [-0.39, 0.29) is 24.1 Å². The quantitative estimate of drug-likeness (QED) is 0.426. The number of nitrogens with zero attached hydrogens (tertiary/aromatic N) is 4. The molecule has 1 N–H and O–H groups in total. The molecule has 0 radical (unpaired) electrons. The molecule has 140 valence electrons. The van der Waals surface area contributed by atoms with E-state index < -0.39 is 4.92 Å². The summed E-state index contributed by atoms with van der Waals surface area (Å²) in [6, 6.07) is 18.5. The summed E-state index contributed by atoms with van der Waals surface area (Å²) in [5.74, 6) is -0.314. The van der Waals surface area contributed by atoms with Crippen molar-refractivity contribution in [3.05, 3.63) is 77.0 Å². The minimum absolute atomic E-state index is 0.0755. The highest BCUT2D eigenvalue weighted by Gasteiger charge is 2.26. The summed E-state index contributed by atoms with van der Waals surface area (Å²) < 4.78 is 1.40. The monoisotopic (exact) mass is 375 g/mol. The van der Waals surface area contributed by atoms with Crippen LogP contribution in [0.4, 0.5) is 17.3 Å². The first-order chi connectivity index (χ1) is 13.5. The van der Waals surface area contributed by atoms with Gasteiger partial charge in [0.05, 0.1) is 12.7 Å². The van der Waals surface area contributed by atoms with Crippen molar-refractivity contribution in [2.45, 2.75) is 0 Å². The number of likely N-dealkylation sites (N-methyl/N-ethyl adjacent to an activating group) is 1. The Morgan fingerprint density at radius 1 is 1.14 bits per heavy atom. The number of carbonyl (C=O) groups is 1. The van der Waals surface area contributed by atoms with E-state index in [4.69, 9.17) is 0 Å². The molecule has 2 aromatic heterocycles. The number of anilines is 2. The van der Waals surface area contributed by atoms with Crippen LogP contribution in [-0.4, -0.2) is 33.8 Å². The van der Waals surface area contributed by atoms with Crippen LogP contribution < -0.4 is 10.2 Å². The minimum atomic E-state index is -0.492. The van der Waals surface area contributed by atoms with E-state index in [9.17, 15) is 14.9 Å². The van der Waals surface area contributed by atoms with E-state index >= 15 is 0 Å². The van der Waals surface area contributed by atoms with E-state index in [0.29, 0.717) is 11.3 Å². The Morgan fingerprint density at radius 3 is 2.71 bits per heavy atom. The van der Waals surface area contributed by atoms with Gasteiger partial charge in [0.25, 0.3) is 0 Å². The lowest BCUT2D eigenvalue weighted by molar-refractivity contribution is -0.389. The van der Waals surface area contributed by atoms with Gasteiger partial charge in [-0.15, -0.1) is 0 Å². The van der Waals surface area contributed by atoms with Gasteiger partial charge in [0, 0.05) is 24.2 Å². The summed E-state index contributed by atoms with van der Waals surface area (Å²) in [5, 5.41) is 16.4. The average Bonchev–Trinajstić information content (AvgIpc) is 3.08. The lowest BCUT2D eigenvalue weighted by Crippen LogP contribution is -2.30. The topological polar surface area (TPSA) is 92.8 Å². The fourth-order valence-electron chi connectivity index (χ4n) is 3.21. The molecule has 0 aliphatic carbocycles. The lowest BCUT2D eigenvalue weighted by atomic mass is 10.1. The van der Waals surface area contributed by atoms with Crippen molar-refractivity contribution in [2.75, 3.05) is 23.8 Å². The maximum atomic E-state index is 12.6. The number of amides is 1. The SMILES string of the molecule is CN(CC(=O)Nc1cccc2ccccc12)c1nc2ccccn2c1[N+](=O)[O-]. The van der Waals surface area contributed by atoms with Crippen molar-refractivity contribution in [3.63, 3.8) is 0 Å². The molecular weight excluding hydrogens is 358 g/mol.